The molecule has 3 atom stereocenters. The zero-order valence-electron chi connectivity index (χ0n) is 36.0. The molecule has 0 radical (unpaired) electrons. The van der Waals surface area contributed by atoms with Gasteiger partial charge in [0.05, 0.1) is 17.5 Å². The highest BCUT2D eigenvalue weighted by molar-refractivity contribution is 6.30. The van der Waals surface area contributed by atoms with Gasteiger partial charge in [0.2, 0.25) is 5.91 Å². The minimum atomic E-state index is -1.03. The maximum absolute atomic E-state index is 14.4. The maximum atomic E-state index is 14.4. The van der Waals surface area contributed by atoms with E-state index in [0.29, 0.717) is 43.3 Å². The van der Waals surface area contributed by atoms with Crippen LogP contribution in [0.25, 0.3) is 11.1 Å². The minimum absolute atomic E-state index is 0.0952. The number of hydrogen-bond acceptors (Lipinski definition) is 8. The number of benzene rings is 3. The fraction of sp³-hybridized carbons (Fsp3) is 0.542. The normalized spacial score (nSPS) is 21.2. The van der Waals surface area contributed by atoms with Crippen LogP contribution in [0.2, 0.25) is 5.02 Å². The lowest BCUT2D eigenvalue weighted by Crippen LogP contribution is -2.73. The monoisotopic (exact) mass is 839 g/mol. The standard InChI is InChI=1S/C48H62ClN5O6/c1-46(2,3)51-44(57)48(32-14-8-7-9-15-32)24-26-53(27-25-48)52-42(55)39(28-31-20-22-33(49)23-21-31)50-40-29-54(45(58)60-47(4,5)6)41(40)43(56)59-30-38-36-18-12-10-16-34(36)35-17-11-13-19-37(35)38/h10-13,16-23,32,38-41,50H,7-9,14-15,24-30H2,1-6H3,(H,51,57)(H,52,55)/t39?,40?,41-/m1/s1. The van der Waals surface area contributed by atoms with Gasteiger partial charge in [-0.15, -0.1) is 0 Å². The molecule has 0 aromatic heterocycles. The Labute approximate surface area is 360 Å². The quantitative estimate of drug-likeness (QED) is 0.167. The van der Waals surface area contributed by atoms with E-state index in [1.165, 1.54) is 11.3 Å². The highest BCUT2D eigenvalue weighted by atomic mass is 35.5. The average Bonchev–Trinajstić information content (AvgIpc) is 3.51. The lowest BCUT2D eigenvalue weighted by molar-refractivity contribution is -0.158. The van der Waals surface area contributed by atoms with Crippen molar-refractivity contribution in [1.82, 2.24) is 26.0 Å². The molecular formula is C48H62ClN5O6. The summed E-state index contributed by atoms with van der Waals surface area (Å²) >= 11 is 6.24. The first kappa shape index (κ1) is 43.6. The second-order valence-electron chi connectivity index (χ2n) is 19.2. The average molecular weight is 841 g/mol. The second kappa shape index (κ2) is 17.9. The number of carbonyl (C=O) groups excluding carboxylic acids is 4. The minimum Gasteiger partial charge on any atom is -0.463 e. The molecule has 322 valence electrons. The van der Waals surface area contributed by atoms with Crippen molar-refractivity contribution in [3.63, 3.8) is 0 Å². The van der Waals surface area contributed by atoms with Gasteiger partial charge in [0.25, 0.3) is 5.91 Å². The third-order valence-electron chi connectivity index (χ3n) is 12.7. The van der Waals surface area contributed by atoms with E-state index in [1.807, 2.05) is 62.2 Å². The summed E-state index contributed by atoms with van der Waals surface area (Å²) in [6.45, 7) is 12.7. The molecule has 2 aliphatic carbocycles. The zero-order valence-corrected chi connectivity index (χ0v) is 36.8. The van der Waals surface area contributed by atoms with Crippen molar-refractivity contribution in [2.75, 3.05) is 26.2 Å². The van der Waals surface area contributed by atoms with Crippen LogP contribution < -0.4 is 16.1 Å². The molecule has 0 bridgehead atoms. The lowest BCUT2D eigenvalue weighted by Gasteiger charge is -2.48. The first-order valence-corrected chi connectivity index (χ1v) is 22.1. The molecule has 12 heteroatoms. The molecule has 2 unspecified atom stereocenters. The first-order chi connectivity index (χ1) is 28.5. The predicted octanol–water partition coefficient (Wildman–Crippen LogP) is 7.79. The summed E-state index contributed by atoms with van der Waals surface area (Å²) < 4.78 is 11.8. The molecular weight excluding hydrogens is 778 g/mol. The van der Waals surface area contributed by atoms with E-state index >= 15 is 0 Å². The third-order valence-corrected chi connectivity index (χ3v) is 12.9. The summed E-state index contributed by atoms with van der Waals surface area (Å²) in [5.74, 6) is -0.565. The number of halogens is 1. The number of esters is 1. The smallest absolute Gasteiger partial charge is 0.411 e. The Morgan fingerprint density at radius 2 is 1.43 bits per heavy atom. The summed E-state index contributed by atoms with van der Waals surface area (Å²) in [6.07, 6.45) is 6.54. The number of likely N-dealkylation sites (tertiary alicyclic amines) is 1. The van der Waals surface area contributed by atoms with Gasteiger partial charge in [-0.3, -0.25) is 25.2 Å². The summed E-state index contributed by atoms with van der Waals surface area (Å²) in [6, 6.07) is 21.2. The molecule has 3 aromatic rings. The van der Waals surface area contributed by atoms with Gasteiger partial charge in [-0.05, 0) is 120 Å². The number of fused-ring (bicyclic) bond motifs is 3. The van der Waals surface area contributed by atoms with E-state index < -0.39 is 41.2 Å². The topological polar surface area (TPSA) is 129 Å². The molecule has 2 heterocycles. The largest absolute Gasteiger partial charge is 0.463 e. The number of piperidine rings is 1. The molecule has 2 aliphatic heterocycles. The number of hydrogen-bond donors (Lipinski definition) is 3. The Balaban J connectivity index is 1.08. The van der Waals surface area contributed by atoms with Crippen LogP contribution >= 0.6 is 11.6 Å². The SMILES string of the molecule is CC(C)(C)NC(=O)C1(C2CCCCC2)CCN(NC(=O)C(Cc2ccc(Cl)cc2)NC2CN(C(=O)OC(C)(C)C)[C@H]2C(=O)OCC2c3ccccc3-c3ccccc32)CC1. The van der Waals surface area contributed by atoms with E-state index in [1.54, 1.807) is 32.9 Å². The molecule has 3 aromatic carbocycles. The van der Waals surface area contributed by atoms with Gasteiger partial charge in [-0.1, -0.05) is 91.5 Å². The second-order valence-corrected chi connectivity index (χ2v) is 19.7. The number of rotatable bonds is 11. The van der Waals surface area contributed by atoms with Gasteiger partial charge < -0.3 is 14.8 Å². The van der Waals surface area contributed by atoms with Gasteiger partial charge in [0.1, 0.15) is 18.2 Å². The lowest BCUT2D eigenvalue weighted by atomic mass is 9.63. The van der Waals surface area contributed by atoms with Crippen molar-refractivity contribution in [2.24, 2.45) is 11.3 Å². The molecule has 3 amide bonds. The highest BCUT2D eigenvalue weighted by Crippen LogP contribution is 2.47. The number of nitrogens with zero attached hydrogens (tertiary/aromatic N) is 2. The molecule has 60 heavy (non-hydrogen) atoms. The number of hydrazine groups is 1. The molecule has 4 aliphatic rings. The Kier molecular flexibility index (Phi) is 13.0. The number of ether oxygens (including phenoxy) is 2. The van der Waals surface area contributed by atoms with Crippen molar-refractivity contribution in [1.29, 1.82) is 0 Å². The Morgan fingerprint density at radius 1 is 0.833 bits per heavy atom. The molecule has 3 fully saturated rings. The molecule has 1 saturated carbocycles. The fourth-order valence-corrected chi connectivity index (χ4v) is 9.80. The molecule has 0 spiro atoms. The first-order valence-electron chi connectivity index (χ1n) is 21.7. The zero-order chi connectivity index (χ0) is 42.8. The van der Waals surface area contributed by atoms with Crippen molar-refractivity contribution < 1.29 is 28.7 Å². The maximum Gasteiger partial charge on any atom is 0.411 e. The molecule has 7 rings (SSSR count). The van der Waals surface area contributed by atoms with Crippen LogP contribution in [-0.4, -0.2) is 89.3 Å². The van der Waals surface area contributed by atoms with E-state index in [9.17, 15) is 19.2 Å². The summed E-state index contributed by atoms with van der Waals surface area (Å²) in [5, 5.41) is 9.28. The van der Waals surface area contributed by atoms with Crippen LogP contribution in [0.3, 0.4) is 0 Å². The number of carbonyl (C=O) groups is 4. The van der Waals surface area contributed by atoms with Crippen LogP contribution in [0.1, 0.15) is 109 Å². The van der Waals surface area contributed by atoms with Crippen molar-refractivity contribution >= 4 is 35.5 Å². The highest BCUT2D eigenvalue weighted by Gasteiger charge is 2.51. The number of nitrogens with one attached hydrogen (secondary N) is 3. The van der Waals surface area contributed by atoms with Crippen molar-refractivity contribution in [3.8, 4) is 11.1 Å². The van der Waals surface area contributed by atoms with Crippen LogP contribution in [0.4, 0.5) is 4.79 Å². The molecule has 2 saturated heterocycles. The van der Waals surface area contributed by atoms with E-state index in [-0.39, 0.29) is 36.4 Å². The van der Waals surface area contributed by atoms with Gasteiger partial charge in [0, 0.05) is 36.1 Å². The van der Waals surface area contributed by atoms with Gasteiger partial charge in [0.15, 0.2) is 0 Å². The third kappa shape index (κ3) is 9.85. The Hall–Kier alpha value is -4.45. The van der Waals surface area contributed by atoms with Crippen LogP contribution in [0, 0.1) is 11.3 Å². The van der Waals surface area contributed by atoms with Crippen molar-refractivity contribution in [2.45, 2.75) is 128 Å². The Morgan fingerprint density at radius 3 is 2.02 bits per heavy atom. The van der Waals surface area contributed by atoms with Crippen LogP contribution in [0.15, 0.2) is 72.8 Å². The summed E-state index contributed by atoms with van der Waals surface area (Å²) in [5.41, 5.74) is 6.84. The van der Waals surface area contributed by atoms with E-state index in [4.69, 9.17) is 21.1 Å². The van der Waals surface area contributed by atoms with Gasteiger partial charge in [-0.2, -0.15) is 0 Å². The van der Waals surface area contributed by atoms with Crippen LogP contribution in [0.5, 0.6) is 0 Å². The summed E-state index contributed by atoms with van der Waals surface area (Å²) in [7, 11) is 0. The predicted molar refractivity (Wildman–Crippen MR) is 233 cm³/mol. The number of amides is 3. The van der Waals surface area contributed by atoms with Gasteiger partial charge in [-0.25, -0.2) is 14.6 Å². The summed E-state index contributed by atoms with van der Waals surface area (Å²) in [4.78, 5) is 57.6. The molecule has 3 N–H and O–H groups in total. The molecule has 11 nitrogen and oxygen atoms in total. The van der Waals surface area contributed by atoms with E-state index in [2.05, 4.69) is 40.3 Å². The van der Waals surface area contributed by atoms with Crippen molar-refractivity contribution in [3.05, 3.63) is 94.5 Å². The Bertz CT molecular complexity index is 1980. The van der Waals surface area contributed by atoms with E-state index in [0.717, 1.165) is 53.5 Å². The fourth-order valence-electron chi connectivity index (χ4n) is 9.67. The van der Waals surface area contributed by atoms with Crippen LogP contribution in [-0.2, 0) is 30.3 Å². The van der Waals surface area contributed by atoms with Gasteiger partial charge >= 0.3 is 12.1 Å².